The van der Waals surface area contributed by atoms with Gasteiger partial charge in [0.2, 0.25) is 0 Å². The SMILES string of the molecule is COc1cc(N)ccc1C(=O)Nc1ccc(F)cc1C#N. The minimum absolute atomic E-state index is 0.0396. The van der Waals surface area contributed by atoms with E-state index in [2.05, 4.69) is 5.32 Å². The van der Waals surface area contributed by atoms with Crippen LogP contribution < -0.4 is 15.8 Å². The highest BCUT2D eigenvalue weighted by Gasteiger charge is 2.14. The van der Waals surface area contributed by atoms with Gasteiger partial charge in [-0.15, -0.1) is 0 Å². The van der Waals surface area contributed by atoms with E-state index >= 15 is 0 Å². The second-order valence-electron chi connectivity index (χ2n) is 4.22. The summed E-state index contributed by atoms with van der Waals surface area (Å²) < 4.78 is 18.2. The lowest BCUT2D eigenvalue weighted by atomic mass is 10.1. The number of hydrogen-bond donors (Lipinski definition) is 2. The average Bonchev–Trinajstić information content (AvgIpc) is 2.48. The quantitative estimate of drug-likeness (QED) is 0.848. The lowest BCUT2D eigenvalue weighted by molar-refractivity contribution is 0.102. The summed E-state index contributed by atoms with van der Waals surface area (Å²) in [6.45, 7) is 0. The molecule has 0 aliphatic carbocycles. The van der Waals surface area contributed by atoms with E-state index in [4.69, 9.17) is 15.7 Å². The van der Waals surface area contributed by atoms with Gasteiger partial charge < -0.3 is 15.8 Å². The lowest BCUT2D eigenvalue weighted by Crippen LogP contribution is -2.14. The summed E-state index contributed by atoms with van der Waals surface area (Å²) in [5.74, 6) is -0.710. The molecular formula is C15H12FN3O2. The molecule has 2 rings (SSSR count). The van der Waals surface area contributed by atoms with Gasteiger partial charge in [-0.05, 0) is 30.3 Å². The summed E-state index contributed by atoms with van der Waals surface area (Å²) in [7, 11) is 1.42. The maximum Gasteiger partial charge on any atom is 0.259 e. The van der Waals surface area contributed by atoms with E-state index in [9.17, 15) is 9.18 Å². The molecule has 0 unspecified atom stereocenters. The molecule has 2 aromatic carbocycles. The van der Waals surface area contributed by atoms with Gasteiger partial charge in [0.15, 0.2) is 0 Å². The molecule has 6 heteroatoms. The number of nitrogens with zero attached hydrogens (tertiary/aromatic N) is 1. The number of ether oxygens (including phenoxy) is 1. The van der Waals surface area contributed by atoms with Crippen LogP contribution in [0.2, 0.25) is 0 Å². The topological polar surface area (TPSA) is 88.1 Å². The highest BCUT2D eigenvalue weighted by molar-refractivity contribution is 6.07. The van der Waals surface area contributed by atoms with Gasteiger partial charge in [0.05, 0.1) is 23.9 Å². The molecule has 0 aliphatic heterocycles. The molecule has 0 heterocycles. The van der Waals surface area contributed by atoms with Gasteiger partial charge >= 0.3 is 0 Å². The Balaban J connectivity index is 2.33. The van der Waals surface area contributed by atoms with Crippen LogP contribution in [0.3, 0.4) is 0 Å². The number of amides is 1. The van der Waals surface area contributed by atoms with Crippen LogP contribution in [-0.2, 0) is 0 Å². The molecule has 1 amide bonds. The maximum atomic E-state index is 13.1. The minimum atomic E-state index is -0.547. The normalized spacial score (nSPS) is 9.76. The number of carbonyl (C=O) groups is 1. The van der Waals surface area contributed by atoms with Crippen molar-refractivity contribution in [3.05, 3.63) is 53.3 Å². The molecular weight excluding hydrogens is 273 g/mol. The van der Waals surface area contributed by atoms with Gasteiger partial charge in [-0.2, -0.15) is 5.26 Å². The number of nitrogens with one attached hydrogen (secondary N) is 1. The second-order valence-corrected chi connectivity index (χ2v) is 4.22. The van der Waals surface area contributed by atoms with Crippen LogP contribution in [0.4, 0.5) is 15.8 Å². The smallest absolute Gasteiger partial charge is 0.259 e. The van der Waals surface area contributed by atoms with Crippen LogP contribution in [0.25, 0.3) is 0 Å². The molecule has 0 saturated carbocycles. The van der Waals surface area contributed by atoms with Crippen molar-refractivity contribution in [1.82, 2.24) is 0 Å². The molecule has 0 atom stereocenters. The van der Waals surface area contributed by atoms with Crippen LogP contribution in [0, 0.1) is 17.1 Å². The third-order valence-electron chi connectivity index (χ3n) is 2.82. The Morgan fingerprint density at radius 1 is 1.33 bits per heavy atom. The molecule has 0 radical (unpaired) electrons. The Hall–Kier alpha value is -3.07. The summed E-state index contributed by atoms with van der Waals surface area (Å²) in [5.41, 5.74) is 6.61. The van der Waals surface area contributed by atoms with E-state index in [1.807, 2.05) is 6.07 Å². The van der Waals surface area contributed by atoms with Gasteiger partial charge in [0, 0.05) is 11.8 Å². The molecule has 0 aliphatic rings. The molecule has 3 N–H and O–H groups in total. The number of nitrogens with two attached hydrogens (primary N) is 1. The molecule has 0 saturated heterocycles. The molecule has 106 valence electrons. The summed E-state index contributed by atoms with van der Waals surface area (Å²) in [4.78, 5) is 12.2. The second kappa shape index (κ2) is 5.92. The number of anilines is 2. The van der Waals surface area contributed by atoms with Gasteiger partial charge in [-0.3, -0.25) is 4.79 Å². The zero-order valence-corrected chi connectivity index (χ0v) is 11.2. The van der Waals surface area contributed by atoms with Crippen LogP contribution in [0.5, 0.6) is 5.75 Å². The Morgan fingerprint density at radius 2 is 2.10 bits per heavy atom. The fraction of sp³-hybridized carbons (Fsp3) is 0.0667. The van der Waals surface area contributed by atoms with Crippen LogP contribution in [0.15, 0.2) is 36.4 Å². The molecule has 0 spiro atoms. The van der Waals surface area contributed by atoms with E-state index < -0.39 is 11.7 Å². The van der Waals surface area contributed by atoms with Crippen molar-refractivity contribution in [2.24, 2.45) is 0 Å². The van der Waals surface area contributed by atoms with Gasteiger partial charge in [0.1, 0.15) is 17.6 Å². The molecule has 0 fully saturated rings. The summed E-state index contributed by atoms with van der Waals surface area (Å²) in [5, 5.41) is 11.5. The Kier molecular flexibility index (Phi) is 4.05. The highest BCUT2D eigenvalue weighted by atomic mass is 19.1. The third kappa shape index (κ3) is 3.09. The maximum absolute atomic E-state index is 13.1. The van der Waals surface area contributed by atoms with Crippen molar-refractivity contribution in [2.45, 2.75) is 0 Å². The van der Waals surface area contributed by atoms with Crippen molar-refractivity contribution in [2.75, 3.05) is 18.2 Å². The van der Waals surface area contributed by atoms with Crippen molar-refractivity contribution in [3.8, 4) is 11.8 Å². The monoisotopic (exact) mass is 285 g/mol. The van der Waals surface area contributed by atoms with E-state index in [1.165, 1.54) is 25.3 Å². The molecule has 0 bridgehead atoms. The minimum Gasteiger partial charge on any atom is -0.496 e. The van der Waals surface area contributed by atoms with E-state index in [0.29, 0.717) is 11.4 Å². The standard InChI is InChI=1S/C15H12FN3O2/c1-21-14-7-11(18)3-4-12(14)15(20)19-13-5-2-10(16)6-9(13)8-17/h2-7H,18H2,1H3,(H,19,20). The summed E-state index contributed by atoms with van der Waals surface area (Å²) in [6, 6.07) is 9.96. The molecule has 5 nitrogen and oxygen atoms in total. The molecule has 21 heavy (non-hydrogen) atoms. The first-order chi connectivity index (χ1) is 10.0. The van der Waals surface area contributed by atoms with Gasteiger partial charge in [0.25, 0.3) is 5.91 Å². The number of nitriles is 1. The van der Waals surface area contributed by atoms with Crippen molar-refractivity contribution >= 4 is 17.3 Å². The number of rotatable bonds is 3. The average molecular weight is 285 g/mol. The highest BCUT2D eigenvalue weighted by Crippen LogP contribution is 2.24. The number of benzene rings is 2. The lowest BCUT2D eigenvalue weighted by Gasteiger charge is -2.11. The molecule has 0 aromatic heterocycles. The first-order valence-electron chi connectivity index (χ1n) is 5.99. The Labute approximate surface area is 120 Å². The van der Waals surface area contributed by atoms with Gasteiger partial charge in [-0.25, -0.2) is 4.39 Å². The zero-order valence-electron chi connectivity index (χ0n) is 11.2. The largest absolute Gasteiger partial charge is 0.496 e. The predicted octanol–water partition coefficient (Wildman–Crippen LogP) is 2.54. The zero-order chi connectivity index (χ0) is 15.4. The van der Waals surface area contributed by atoms with E-state index in [1.54, 1.807) is 6.07 Å². The number of halogens is 1. The number of carbonyl (C=O) groups excluding carboxylic acids is 1. The fourth-order valence-electron chi connectivity index (χ4n) is 1.80. The van der Waals surface area contributed by atoms with Crippen molar-refractivity contribution in [3.63, 3.8) is 0 Å². The summed E-state index contributed by atoms with van der Waals surface area (Å²) >= 11 is 0. The van der Waals surface area contributed by atoms with Crippen LogP contribution in [0.1, 0.15) is 15.9 Å². The Bertz CT molecular complexity index is 738. The van der Waals surface area contributed by atoms with Crippen LogP contribution >= 0.6 is 0 Å². The van der Waals surface area contributed by atoms with E-state index in [0.717, 1.165) is 12.1 Å². The van der Waals surface area contributed by atoms with Crippen LogP contribution in [-0.4, -0.2) is 13.0 Å². The van der Waals surface area contributed by atoms with Crippen molar-refractivity contribution < 1.29 is 13.9 Å². The molecule has 2 aromatic rings. The summed E-state index contributed by atoms with van der Waals surface area (Å²) in [6.07, 6.45) is 0. The fourth-order valence-corrected chi connectivity index (χ4v) is 1.80. The first-order valence-corrected chi connectivity index (χ1v) is 5.99. The number of hydrogen-bond acceptors (Lipinski definition) is 4. The number of nitrogen functional groups attached to an aromatic ring is 1. The third-order valence-corrected chi connectivity index (χ3v) is 2.82. The Morgan fingerprint density at radius 3 is 2.76 bits per heavy atom. The van der Waals surface area contributed by atoms with Gasteiger partial charge in [-0.1, -0.05) is 0 Å². The number of methoxy groups -OCH3 is 1. The first kappa shape index (κ1) is 14.3. The van der Waals surface area contributed by atoms with E-state index in [-0.39, 0.29) is 16.8 Å². The predicted molar refractivity (Wildman–Crippen MR) is 76.5 cm³/mol. The van der Waals surface area contributed by atoms with Crippen molar-refractivity contribution in [1.29, 1.82) is 5.26 Å².